The number of carbonyl (C=O) groups excluding carboxylic acids is 3. The molecule has 1 saturated heterocycles. The van der Waals surface area contributed by atoms with Crippen molar-refractivity contribution >= 4 is 29.6 Å². The number of nitrogens with zero attached hydrogens (tertiary/aromatic N) is 1. The van der Waals surface area contributed by atoms with Crippen LogP contribution in [0.2, 0.25) is 0 Å². The fourth-order valence-electron chi connectivity index (χ4n) is 5.90. The standard InChI is InChI=1S/C30H35NO8/c1-3-7-20-15-23-27(29(36)31(28(23)35)30(37)38-2)24(17-33)26(20)25(34)13-10-19(18-8-5-4-6-9-18)14-21-11-12-22(16-32)39-21/h4-6,8-9,11-12,14,23-25,27,32-34H,3,7,10,13,15-17H2,1-2H3/b19-14-/t23-,24+,25-,27-/m1/s1. The number of methoxy groups -OCH3 is 1. The quantitative estimate of drug-likeness (QED) is 0.306. The molecule has 3 amide bonds. The molecule has 1 aromatic heterocycles. The first-order valence-electron chi connectivity index (χ1n) is 13.3. The van der Waals surface area contributed by atoms with E-state index in [2.05, 4.69) is 4.74 Å². The Morgan fingerprint density at radius 2 is 1.90 bits per heavy atom. The van der Waals surface area contributed by atoms with Gasteiger partial charge in [0.05, 0.1) is 31.7 Å². The Hall–Kier alpha value is -3.53. The maximum atomic E-state index is 13.2. The zero-order valence-corrected chi connectivity index (χ0v) is 22.2. The van der Waals surface area contributed by atoms with Crippen LogP contribution in [0.25, 0.3) is 11.6 Å². The van der Waals surface area contributed by atoms with Crippen molar-refractivity contribution in [1.82, 2.24) is 4.90 Å². The molecule has 4 rings (SSSR count). The third-order valence-corrected chi connectivity index (χ3v) is 7.64. The molecular weight excluding hydrogens is 502 g/mol. The van der Waals surface area contributed by atoms with Crippen molar-refractivity contribution in [2.24, 2.45) is 17.8 Å². The molecule has 1 fully saturated rings. The van der Waals surface area contributed by atoms with Crippen LogP contribution in [0.5, 0.6) is 0 Å². The maximum Gasteiger partial charge on any atom is 0.423 e. The number of benzene rings is 1. The number of allylic oxidation sites excluding steroid dienone is 2. The van der Waals surface area contributed by atoms with Gasteiger partial charge < -0.3 is 24.5 Å². The summed E-state index contributed by atoms with van der Waals surface area (Å²) in [6, 6.07) is 13.1. The molecule has 1 aliphatic heterocycles. The predicted octanol–water partition coefficient (Wildman–Crippen LogP) is 3.93. The Labute approximate surface area is 227 Å². The molecule has 2 aliphatic rings. The van der Waals surface area contributed by atoms with E-state index in [0.29, 0.717) is 41.3 Å². The van der Waals surface area contributed by atoms with E-state index >= 15 is 0 Å². The molecule has 0 unspecified atom stereocenters. The van der Waals surface area contributed by atoms with Crippen LogP contribution in [-0.4, -0.2) is 57.9 Å². The first-order valence-corrected chi connectivity index (χ1v) is 13.3. The predicted molar refractivity (Wildman–Crippen MR) is 143 cm³/mol. The largest absolute Gasteiger partial charge is 0.459 e. The second-order valence-corrected chi connectivity index (χ2v) is 9.97. The lowest BCUT2D eigenvalue weighted by atomic mass is 9.67. The summed E-state index contributed by atoms with van der Waals surface area (Å²) in [5, 5.41) is 31.3. The maximum absolute atomic E-state index is 13.2. The number of furan rings is 1. The van der Waals surface area contributed by atoms with Gasteiger partial charge >= 0.3 is 6.09 Å². The number of amides is 3. The van der Waals surface area contributed by atoms with Crippen molar-refractivity contribution in [2.75, 3.05) is 13.7 Å². The van der Waals surface area contributed by atoms with Crippen LogP contribution in [-0.2, 0) is 20.9 Å². The molecule has 4 atom stereocenters. The third kappa shape index (κ3) is 5.75. The van der Waals surface area contributed by atoms with Crippen LogP contribution in [0.15, 0.2) is 58.0 Å². The molecule has 2 heterocycles. The van der Waals surface area contributed by atoms with Gasteiger partial charge in [-0.3, -0.25) is 9.59 Å². The van der Waals surface area contributed by atoms with E-state index in [0.717, 1.165) is 30.2 Å². The first kappa shape index (κ1) is 28.5. The molecule has 9 heteroatoms. The lowest BCUT2D eigenvalue weighted by Gasteiger charge is -2.36. The van der Waals surface area contributed by atoms with Crippen molar-refractivity contribution in [3.63, 3.8) is 0 Å². The number of aliphatic hydroxyl groups is 3. The van der Waals surface area contributed by atoms with Crippen LogP contribution in [0.1, 0.15) is 56.1 Å². The van der Waals surface area contributed by atoms with Gasteiger partial charge in [0, 0.05) is 5.92 Å². The van der Waals surface area contributed by atoms with Gasteiger partial charge in [-0.2, -0.15) is 4.90 Å². The van der Waals surface area contributed by atoms with E-state index < -0.39 is 48.4 Å². The molecule has 0 bridgehead atoms. The number of hydrogen-bond donors (Lipinski definition) is 3. The van der Waals surface area contributed by atoms with Gasteiger partial charge in [0.1, 0.15) is 18.1 Å². The number of likely N-dealkylation sites (tertiary alicyclic amines) is 1. The Kier molecular flexibility index (Phi) is 9.16. The van der Waals surface area contributed by atoms with Crippen LogP contribution in [0.3, 0.4) is 0 Å². The topological polar surface area (TPSA) is 138 Å². The molecule has 39 heavy (non-hydrogen) atoms. The van der Waals surface area contributed by atoms with E-state index in [4.69, 9.17) is 4.42 Å². The van der Waals surface area contributed by atoms with Crippen molar-refractivity contribution in [2.45, 2.75) is 51.7 Å². The Morgan fingerprint density at radius 1 is 1.15 bits per heavy atom. The van der Waals surface area contributed by atoms with Gasteiger partial charge in [-0.25, -0.2) is 4.79 Å². The summed E-state index contributed by atoms with van der Waals surface area (Å²) in [5.74, 6) is -2.78. The highest BCUT2D eigenvalue weighted by Gasteiger charge is 2.57. The summed E-state index contributed by atoms with van der Waals surface area (Å²) in [4.78, 5) is 38.9. The van der Waals surface area contributed by atoms with Crippen molar-refractivity contribution in [3.8, 4) is 0 Å². The molecule has 9 nitrogen and oxygen atoms in total. The molecule has 1 aliphatic carbocycles. The number of rotatable bonds is 10. The number of fused-ring (bicyclic) bond motifs is 1. The van der Waals surface area contributed by atoms with Crippen molar-refractivity contribution < 1.29 is 38.9 Å². The average molecular weight is 538 g/mol. The summed E-state index contributed by atoms with van der Waals surface area (Å²) in [6.07, 6.45) is 2.22. The van der Waals surface area contributed by atoms with Gasteiger partial charge in [0.15, 0.2) is 0 Å². The molecule has 2 aromatic rings. The Bertz CT molecular complexity index is 1260. The van der Waals surface area contributed by atoms with E-state index in [9.17, 15) is 29.7 Å². The van der Waals surface area contributed by atoms with Crippen LogP contribution in [0, 0.1) is 17.8 Å². The zero-order valence-electron chi connectivity index (χ0n) is 22.2. The minimum absolute atomic E-state index is 0.207. The highest BCUT2D eigenvalue weighted by Crippen LogP contribution is 2.47. The van der Waals surface area contributed by atoms with Crippen LogP contribution < -0.4 is 0 Å². The number of ether oxygens (including phenoxy) is 1. The lowest BCUT2D eigenvalue weighted by molar-refractivity contribution is -0.137. The van der Waals surface area contributed by atoms with Crippen molar-refractivity contribution in [1.29, 1.82) is 0 Å². The molecule has 3 N–H and O–H groups in total. The van der Waals surface area contributed by atoms with Gasteiger partial charge in [-0.05, 0) is 60.6 Å². The molecule has 0 radical (unpaired) electrons. The highest BCUT2D eigenvalue weighted by molar-refractivity contribution is 6.16. The highest BCUT2D eigenvalue weighted by atomic mass is 16.5. The number of imide groups is 3. The minimum Gasteiger partial charge on any atom is -0.459 e. The van der Waals surface area contributed by atoms with E-state index in [1.54, 1.807) is 12.1 Å². The normalized spacial score (nSPS) is 22.3. The summed E-state index contributed by atoms with van der Waals surface area (Å²) in [7, 11) is 1.11. The molecule has 0 spiro atoms. The SMILES string of the molecule is CCCC1=C([C@H](O)CC/C(=C/c2ccc(CO)o2)c2ccccc2)[C@H](CO)[C@@H]2C(=O)N(C(=O)OC)C(=O)[C@@H]2C1. The summed E-state index contributed by atoms with van der Waals surface area (Å²) in [5.41, 5.74) is 3.29. The van der Waals surface area contributed by atoms with Crippen LogP contribution in [0.4, 0.5) is 4.79 Å². The molecule has 208 valence electrons. The fraction of sp³-hybridized carbons (Fsp3) is 0.433. The second kappa shape index (κ2) is 12.5. The summed E-state index contributed by atoms with van der Waals surface area (Å²) >= 11 is 0. The van der Waals surface area contributed by atoms with Gasteiger partial charge in [0.25, 0.3) is 0 Å². The molecule has 1 aromatic carbocycles. The van der Waals surface area contributed by atoms with Crippen molar-refractivity contribution in [3.05, 3.63) is 70.7 Å². The van der Waals surface area contributed by atoms with E-state index in [1.165, 1.54) is 0 Å². The van der Waals surface area contributed by atoms with Crippen LogP contribution >= 0.6 is 0 Å². The van der Waals surface area contributed by atoms with Gasteiger partial charge in [-0.1, -0.05) is 49.2 Å². The molecule has 0 saturated carbocycles. The Balaban J connectivity index is 1.63. The summed E-state index contributed by atoms with van der Waals surface area (Å²) in [6.45, 7) is 1.34. The summed E-state index contributed by atoms with van der Waals surface area (Å²) < 4.78 is 10.3. The third-order valence-electron chi connectivity index (χ3n) is 7.64. The number of carbonyl (C=O) groups is 3. The van der Waals surface area contributed by atoms with E-state index in [-0.39, 0.29) is 13.0 Å². The van der Waals surface area contributed by atoms with Gasteiger partial charge in [-0.15, -0.1) is 0 Å². The lowest BCUT2D eigenvalue weighted by Crippen LogP contribution is -2.40. The first-order chi connectivity index (χ1) is 18.8. The van der Waals surface area contributed by atoms with Gasteiger partial charge in [0.2, 0.25) is 11.8 Å². The monoisotopic (exact) mass is 537 g/mol. The zero-order chi connectivity index (χ0) is 28.1. The number of aliphatic hydroxyl groups excluding tert-OH is 3. The smallest absolute Gasteiger partial charge is 0.423 e. The Morgan fingerprint density at radius 3 is 2.51 bits per heavy atom. The average Bonchev–Trinajstić information content (AvgIpc) is 3.51. The minimum atomic E-state index is -1.03. The van der Waals surface area contributed by atoms with E-state index in [1.807, 2.05) is 43.3 Å². The number of hydrogen-bond acceptors (Lipinski definition) is 8. The molecular formula is C30H35NO8. The second-order valence-electron chi connectivity index (χ2n) is 9.97. The fourth-order valence-corrected chi connectivity index (χ4v) is 5.90.